The third kappa shape index (κ3) is 2.76. The van der Waals surface area contributed by atoms with Crippen LogP contribution in [0, 0.1) is 0 Å². The second-order valence-electron chi connectivity index (χ2n) is 5.49. The first kappa shape index (κ1) is 13.6. The normalized spacial score (nSPS) is 17.4. The zero-order valence-corrected chi connectivity index (χ0v) is 11.8. The summed E-state index contributed by atoms with van der Waals surface area (Å²) in [5, 5.41) is 0. The number of fused-ring (bicyclic) bond motifs is 1. The van der Waals surface area contributed by atoms with Gasteiger partial charge in [-0.2, -0.15) is 0 Å². The third-order valence-electron chi connectivity index (χ3n) is 3.91. The van der Waals surface area contributed by atoms with E-state index in [2.05, 4.69) is 17.0 Å². The average molecular weight is 281 g/mol. The van der Waals surface area contributed by atoms with Crippen molar-refractivity contribution in [3.63, 3.8) is 0 Å². The molecule has 0 radical (unpaired) electrons. The number of benzene rings is 2. The van der Waals surface area contributed by atoms with E-state index in [0.717, 1.165) is 18.5 Å². The van der Waals surface area contributed by atoms with Gasteiger partial charge in [-0.05, 0) is 29.7 Å². The van der Waals surface area contributed by atoms with E-state index in [1.165, 1.54) is 11.3 Å². The number of nitrogens with two attached hydrogens (primary N) is 2. The lowest BCUT2D eigenvalue weighted by Crippen LogP contribution is -2.43. The SMILES string of the molecule is NC(=O)c1ccccc1CN1CC(N)Cc2ccccc21. The second-order valence-corrected chi connectivity index (χ2v) is 5.49. The van der Waals surface area contributed by atoms with Crippen LogP contribution in [0.4, 0.5) is 5.69 Å². The van der Waals surface area contributed by atoms with Crippen molar-refractivity contribution < 1.29 is 4.79 Å². The van der Waals surface area contributed by atoms with E-state index in [1.807, 2.05) is 30.3 Å². The van der Waals surface area contributed by atoms with Gasteiger partial charge in [0, 0.05) is 30.4 Å². The maximum absolute atomic E-state index is 11.6. The van der Waals surface area contributed by atoms with Gasteiger partial charge in [-0.1, -0.05) is 36.4 Å². The average Bonchev–Trinajstić information content (AvgIpc) is 2.47. The number of anilines is 1. The Bertz CT molecular complexity index is 669. The van der Waals surface area contributed by atoms with E-state index in [-0.39, 0.29) is 11.9 Å². The van der Waals surface area contributed by atoms with Crippen LogP contribution in [0.2, 0.25) is 0 Å². The van der Waals surface area contributed by atoms with Crippen molar-refractivity contribution in [2.45, 2.75) is 19.0 Å². The van der Waals surface area contributed by atoms with Gasteiger partial charge in [0.25, 0.3) is 0 Å². The van der Waals surface area contributed by atoms with Crippen LogP contribution in [0.15, 0.2) is 48.5 Å². The molecule has 0 fully saturated rings. The van der Waals surface area contributed by atoms with Crippen LogP contribution in [-0.4, -0.2) is 18.5 Å². The molecule has 4 nitrogen and oxygen atoms in total. The molecule has 4 N–H and O–H groups in total. The highest BCUT2D eigenvalue weighted by atomic mass is 16.1. The van der Waals surface area contributed by atoms with Crippen molar-refractivity contribution in [1.82, 2.24) is 0 Å². The zero-order valence-electron chi connectivity index (χ0n) is 11.8. The highest BCUT2D eigenvalue weighted by molar-refractivity contribution is 5.94. The number of carbonyl (C=O) groups is 1. The molecule has 4 heteroatoms. The van der Waals surface area contributed by atoms with E-state index in [9.17, 15) is 4.79 Å². The molecule has 2 aromatic carbocycles. The van der Waals surface area contributed by atoms with Gasteiger partial charge in [0.2, 0.25) is 5.91 Å². The number of rotatable bonds is 3. The van der Waals surface area contributed by atoms with Crippen molar-refractivity contribution in [2.24, 2.45) is 11.5 Å². The number of primary amides is 1. The Kier molecular flexibility index (Phi) is 3.62. The summed E-state index contributed by atoms with van der Waals surface area (Å²) in [6.07, 6.45) is 0.893. The predicted octanol–water partition coefficient (Wildman–Crippen LogP) is 1.68. The number of nitrogens with zero attached hydrogens (tertiary/aromatic N) is 1. The summed E-state index contributed by atoms with van der Waals surface area (Å²) in [5.41, 5.74) is 15.6. The van der Waals surface area contributed by atoms with Gasteiger partial charge < -0.3 is 16.4 Å². The molecule has 0 aliphatic carbocycles. The quantitative estimate of drug-likeness (QED) is 0.899. The lowest BCUT2D eigenvalue weighted by Gasteiger charge is -2.35. The monoisotopic (exact) mass is 281 g/mol. The van der Waals surface area contributed by atoms with Crippen LogP contribution in [0.5, 0.6) is 0 Å². The van der Waals surface area contributed by atoms with Crippen LogP contribution in [-0.2, 0) is 13.0 Å². The molecular formula is C17H19N3O. The minimum Gasteiger partial charge on any atom is -0.366 e. The van der Waals surface area contributed by atoms with Gasteiger partial charge in [0.05, 0.1) is 0 Å². The zero-order chi connectivity index (χ0) is 14.8. The summed E-state index contributed by atoms with van der Waals surface area (Å²) in [5.74, 6) is -0.389. The fraction of sp³-hybridized carbons (Fsp3) is 0.235. The van der Waals surface area contributed by atoms with Crippen LogP contribution in [0.3, 0.4) is 0 Å². The first-order valence-electron chi connectivity index (χ1n) is 7.11. The van der Waals surface area contributed by atoms with Crippen LogP contribution < -0.4 is 16.4 Å². The lowest BCUT2D eigenvalue weighted by molar-refractivity contribution is 0.0999. The summed E-state index contributed by atoms with van der Waals surface area (Å²) in [4.78, 5) is 13.8. The van der Waals surface area contributed by atoms with Gasteiger partial charge in [0.15, 0.2) is 0 Å². The molecular weight excluding hydrogens is 262 g/mol. The number of hydrogen-bond acceptors (Lipinski definition) is 3. The van der Waals surface area contributed by atoms with Crippen molar-refractivity contribution in [3.8, 4) is 0 Å². The molecule has 1 heterocycles. The molecule has 0 bridgehead atoms. The second kappa shape index (κ2) is 5.58. The van der Waals surface area contributed by atoms with E-state index in [1.54, 1.807) is 6.07 Å². The van der Waals surface area contributed by atoms with E-state index < -0.39 is 0 Å². The lowest BCUT2D eigenvalue weighted by atomic mass is 9.97. The van der Waals surface area contributed by atoms with Crippen molar-refractivity contribution in [1.29, 1.82) is 0 Å². The standard InChI is InChI=1S/C17H19N3O/c18-14-9-12-5-2-4-8-16(12)20(11-14)10-13-6-1-3-7-15(13)17(19)21/h1-8,14H,9-11,18H2,(H2,19,21). The van der Waals surface area contributed by atoms with Crippen LogP contribution in [0.1, 0.15) is 21.5 Å². The van der Waals surface area contributed by atoms with E-state index in [0.29, 0.717) is 12.1 Å². The highest BCUT2D eigenvalue weighted by Gasteiger charge is 2.22. The highest BCUT2D eigenvalue weighted by Crippen LogP contribution is 2.28. The Hall–Kier alpha value is -2.33. The maximum Gasteiger partial charge on any atom is 0.249 e. The Balaban J connectivity index is 1.94. The van der Waals surface area contributed by atoms with Crippen LogP contribution in [0.25, 0.3) is 0 Å². The van der Waals surface area contributed by atoms with Crippen molar-refractivity contribution in [3.05, 3.63) is 65.2 Å². The molecule has 0 spiro atoms. The minimum absolute atomic E-state index is 0.112. The maximum atomic E-state index is 11.6. The molecule has 1 unspecified atom stereocenters. The molecule has 1 aliphatic rings. The fourth-order valence-corrected chi connectivity index (χ4v) is 2.97. The Labute approximate surface area is 124 Å². The van der Waals surface area contributed by atoms with Gasteiger partial charge in [-0.15, -0.1) is 0 Å². The van der Waals surface area contributed by atoms with E-state index >= 15 is 0 Å². The van der Waals surface area contributed by atoms with Gasteiger partial charge in [-0.3, -0.25) is 4.79 Å². The van der Waals surface area contributed by atoms with Gasteiger partial charge in [-0.25, -0.2) is 0 Å². The van der Waals surface area contributed by atoms with Gasteiger partial charge >= 0.3 is 0 Å². The first-order chi connectivity index (χ1) is 10.1. The summed E-state index contributed by atoms with van der Waals surface area (Å²) in [6, 6.07) is 15.9. The Morgan fingerprint density at radius 3 is 2.67 bits per heavy atom. The molecule has 1 amide bonds. The molecule has 1 aliphatic heterocycles. The number of hydrogen-bond donors (Lipinski definition) is 2. The van der Waals surface area contributed by atoms with E-state index in [4.69, 9.17) is 11.5 Å². The molecule has 2 aromatic rings. The number of para-hydroxylation sites is 1. The first-order valence-corrected chi connectivity index (χ1v) is 7.11. The van der Waals surface area contributed by atoms with Gasteiger partial charge in [0.1, 0.15) is 0 Å². The number of amides is 1. The fourth-order valence-electron chi connectivity index (χ4n) is 2.97. The summed E-state index contributed by atoms with van der Waals surface area (Å²) < 4.78 is 0. The summed E-state index contributed by atoms with van der Waals surface area (Å²) in [6.45, 7) is 1.42. The molecule has 3 rings (SSSR count). The summed E-state index contributed by atoms with van der Waals surface area (Å²) >= 11 is 0. The summed E-state index contributed by atoms with van der Waals surface area (Å²) in [7, 11) is 0. The molecule has 0 saturated heterocycles. The topological polar surface area (TPSA) is 72.4 Å². The Morgan fingerprint density at radius 2 is 1.86 bits per heavy atom. The number of carbonyl (C=O) groups excluding carboxylic acids is 1. The third-order valence-corrected chi connectivity index (χ3v) is 3.91. The molecule has 21 heavy (non-hydrogen) atoms. The molecule has 0 aromatic heterocycles. The smallest absolute Gasteiger partial charge is 0.249 e. The molecule has 108 valence electrons. The molecule has 1 atom stereocenters. The van der Waals surface area contributed by atoms with Crippen LogP contribution >= 0.6 is 0 Å². The van der Waals surface area contributed by atoms with Crippen molar-refractivity contribution in [2.75, 3.05) is 11.4 Å². The molecule has 0 saturated carbocycles. The largest absolute Gasteiger partial charge is 0.366 e. The minimum atomic E-state index is -0.389. The predicted molar refractivity (Wildman–Crippen MR) is 84.1 cm³/mol. The Morgan fingerprint density at radius 1 is 1.14 bits per heavy atom. The van der Waals surface area contributed by atoms with Crippen molar-refractivity contribution >= 4 is 11.6 Å².